The molecule has 2 aromatic carbocycles. The Morgan fingerprint density at radius 3 is 2.51 bits per heavy atom. The quantitative estimate of drug-likeness (QED) is 0.289. The molecule has 0 radical (unpaired) electrons. The van der Waals surface area contributed by atoms with E-state index < -0.39 is 5.60 Å². The molecule has 7 heteroatoms. The van der Waals surface area contributed by atoms with E-state index in [4.69, 9.17) is 9.15 Å². The van der Waals surface area contributed by atoms with Gasteiger partial charge in [-0.1, -0.05) is 18.2 Å². The number of nitrogens with zero attached hydrogens (tertiary/aromatic N) is 1. The van der Waals surface area contributed by atoms with Crippen LogP contribution in [0.3, 0.4) is 0 Å². The highest BCUT2D eigenvalue weighted by Gasteiger charge is 2.25. The van der Waals surface area contributed by atoms with Crippen molar-refractivity contribution < 1.29 is 19.1 Å². The Kier molecular flexibility index (Phi) is 6.01. The van der Waals surface area contributed by atoms with Gasteiger partial charge in [0.05, 0.1) is 5.69 Å². The minimum absolute atomic E-state index is 0.0962. The van der Waals surface area contributed by atoms with Gasteiger partial charge in [0.15, 0.2) is 0 Å². The molecule has 0 spiro atoms. The molecule has 1 aliphatic carbocycles. The van der Waals surface area contributed by atoms with E-state index in [9.17, 15) is 9.90 Å². The molecule has 3 N–H and O–H groups in total. The number of para-hydroxylation sites is 1. The summed E-state index contributed by atoms with van der Waals surface area (Å²) in [6.07, 6.45) is 6.63. The molecule has 0 unspecified atom stereocenters. The smallest absolute Gasteiger partial charge is 0.407 e. The summed E-state index contributed by atoms with van der Waals surface area (Å²) in [6, 6.07) is 13.9. The zero-order valence-corrected chi connectivity index (χ0v) is 20.3. The number of benzene rings is 2. The van der Waals surface area contributed by atoms with Crippen molar-refractivity contribution in [2.45, 2.75) is 64.1 Å². The highest BCUT2D eigenvalue weighted by Crippen LogP contribution is 2.37. The number of anilines is 1. The number of amides is 1. The molecule has 4 aromatic rings. The fraction of sp³-hybridized carbons (Fsp3) is 0.357. The van der Waals surface area contributed by atoms with E-state index in [-0.39, 0.29) is 23.9 Å². The second kappa shape index (κ2) is 9.13. The van der Waals surface area contributed by atoms with Crippen LogP contribution in [0.1, 0.15) is 46.5 Å². The monoisotopic (exact) mass is 473 g/mol. The van der Waals surface area contributed by atoms with E-state index >= 15 is 0 Å². The SMILES string of the molecule is CC(C)(C)OC(=O)N[C@H]1CC[C@H](Nc2cc3c(-c4cc5ccccc5o4)cncc3cc2O)CC1. The first-order valence-electron chi connectivity index (χ1n) is 12.1. The maximum Gasteiger partial charge on any atom is 0.407 e. The van der Waals surface area contributed by atoms with Crippen LogP contribution in [0.15, 0.2) is 59.3 Å². The third-order valence-electron chi connectivity index (χ3n) is 6.37. The number of furan rings is 1. The number of alkyl carbamates (subject to hydrolysis) is 1. The molecule has 2 aromatic heterocycles. The molecule has 1 amide bonds. The summed E-state index contributed by atoms with van der Waals surface area (Å²) in [5.74, 6) is 0.935. The lowest BCUT2D eigenvalue weighted by Crippen LogP contribution is -2.42. The van der Waals surface area contributed by atoms with Gasteiger partial charge in [-0.2, -0.15) is 0 Å². The number of aromatic hydroxyl groups is 1. The summed E-state index contributed by atoms with van der Waals surface area (Å²) in [5.41, 5.74) is 1.89. The maximum absolute atomic E-state index is 12.1. The predicted octanol–water partition coefficient (Wildman–Crippen LogP) is 6.60. The van der Waals surface area contributed by atoms with Crippen LogP contribution in [0.5, 0.6) is 5.75 Å². The van der Waals surface area contributed by atoms with E-state index in [1.165, 1.54) is 0 Å². The number of phenolic OH excluding ortho intramolecular Hbond substituents is 1. The molecule has 35 heavy (non-hydrogen) atoms. The Morgan fingerprint density at radius 1 is 1.03 bits per heavy atom. The van der Waals surface area contributed by atoms with E-state index in [2.05, 4.69) is 15.6 Å². The van der Waals surface area contributed by atoms with Crippen LogP contribution in [-0.2, 0) is 4.74 Å². The van der Waals surface area contributed by atoms with Gasteiger partial charge < -0.3 is 24.9 Å². The van der Waals surface area contributed by atoms with Gasteiger partial charge in [-0.25, -0.2) is 4.79 Å². The van der Waals surface area contributed by atoms with Crippen molar-refractivity contribution in [2.24, 2.45) is 0 Å². The third-order valence-corrected chi connectivity index (χ3v) is 6.37. The summed E-state index contributed by atoms with van der Waals surface area (Å²) in [5, 5.41) is 20.0. The number of carbonyl (C=O) groups excluding carboxylic acids is 1. The first-order chi connectivity index (χ1) is 16.7. The number of nitrogens with one attached hydrogen (secondary N) is 2. The van der Waals surface area contributed by atoms with Crippen molar-refractivity contribution in [3.05, 3.63) is 54.9 Å². The lowest BCUT2D eigenvalue weighted by atomic mass is 9.91. The Balaban J connectivity index is 1.32. The van der Waals surface area contributed by atoms with Crippen molar-refractivity contribution in [3.63, 3.8) is 0 Å². The first-order valence-corrected chi connectivity index (χ1v) is 12.1. The van der Waals surface area contributed by atoms with Gasteiger partial charge in [-0.3, -0.25) is 4.98 Å². The average Bonchev–Trinajstić information content (AvgIpc) is 3.23. The Bertz CT molecular complexity index is 1330. The molecule has 0 bridgehead atoms. The summed E-state index contributed by atoms with van der Waals surface area (Å²) in [7, 11) is 0. The van der Waals surface area contributed by atoms with E-state index in [0.29, 0.717) is 5.69 Å². The molecule has 1 saturated carbocycles. The number of fused-ring (bicyclic) bond motifs is 2. The molecule has 1 fully saturated rings. The van der Waals surface area contributed by atoms with Gasteiger partial charge in [-0.15, -0.1) is 0 Å². The third kappa shape index (κ3) is 5.19. The van der Waals surface area contributed by atoms with E-state index in [1.807, 2.05) is 57.2 Å². The lowest BCUT2D eigenvalue weighted by molar-refractivity contribution is 0.0492. The predicted molar refractivity (Wildman–Crippen MR) is 138 cm³/mol. The fourth-order valence-corrected chi connectivity index (χ4v) is 4.71. The minimum atomic E-state index is -0.507. The number of hydrogen-bond donors (Lipinski definition) is 3. The summed E-state index contributed by atoms with van der Waals surface area (Å²) >= 11 is 0. The van der Waals surface area contributed by atoms with Gasteiger partial charge in [0.1, 0.15) is 22.7 Å². The normalized spacial score (nSPS) is 18.5. The number of rotatable bonds is 4. The molecule has 1 aliphatic rings. The number of ether oxygens (including phenoxy) is 1. The zero-order valence-electron chi connectivity index (χ0n) is 20.3. The largest absolute Gasteiger partial charge is 0.506 e. The molecule has 182 valence electrons. The molecule has 0 aliphatic heterocycles. The lowest BCUT2D eigenvalue weighted by Gasteiger charge is -2.31. The Morgan fingerprint density at radius 2 is 1.77 bits per heavy atom. The fourth-order valence-electron chi connectivity index (χ4n) is 4.71. The summed E-state index contributed by atoms with van der Waals surface area (Å²) < 4.78 is 11.5. The maximum atomic E-state index is 12.1. The van der Waals surface area contributed by atoms with Crippen molar-refractivity contribution >= 4 is 33.5 Å². The van der Waals surface area contributed by atoms with Crippen molar-refractivity contribution in [1.82, 2.24) is 10.3 Å². The standard InChI is InChI=1S/C28H31N3O4/c1-28(2,3)35-27(33)31-20-10-8-19(9-11-20)30-23-14-21-18(12-24(23)32)15-29-16-22(21)26-13-17-6-4-5-7-25(17)34-26/h4-7,12-16,19-20,30,32H,8-11H2,1-3H3,(H,31,33)/t19-,20-. The zero-order chi connectivity index (χ0) is 24.6. The highest BCUT2D eigenvalue weighted by atomic mass is 16.6. The number of pyridine rings is 1. The van der Waals surface area contributed by atoms with Crippen LogP contribution in [0.25, 0.3) is 33.1 Å². The first kappa shape index (κ1) is 23.0. The molecule has 7 nitrogen and oxygen atoms in total. The molecule has 0 saturated heterocycles. The van der Waals surface area contributed by atoms with Crippen molar-refractivity contribution in [3.8, 4) is 17.1 Å². The van der Waals surface area contributed by atoms with Crippen molar-refractivity contribution in [1.29, 1.82) is 0 Å². The molecule has 5 rings (SSSR count). The van der Waals surface area contributed by atoms with Crippen LogP contribution >= 0.6 is 0 Å². The number of hydrogen-bond acceptors (Lipinski definition) is 6. The minimum Gasteiger partial charge on any atom is -0.506 e. The second-order valence-electron chi connectivity index (χ2n) is 10.3. The van der Waals surface area contributed by atoms with Crippen LogP contribution in [0.2, 0.25) is 0 Å². The second-order valence-corrected chi connectivity index (χ2v) is 10.3. The van der Waals surface area contributed by atoms with Crippen LogP contribution in [0.4, 0.5) is 10.5 Å². The van der Waals surface area contributed by atoms with Crippen LogP contribution in [0, 0.1) is 0 Å². The van der Waals surface area contributed by atoms with Crippen molar-refractivity contribution in [2.75, 3.05) is 5.32 Å². The van der Waals surface area contributed by atoms with E-state index in [0.717, 1.165) is 58.7 Å². The van der Waals surface area contributed by atoms with Gasteiger partial charge >= 0.3 is 6.09 Å². The van der Waals surface area contributed by atoms with Crippen LogP contribution < -0.4 is 10.6 Å². The molecular weight excluding hydrogens is 442 g/mol. The molecule has 0 atom stereocenters. The average molecular weight is 474 g/mol. The Labute approximate surface area is 204 Å². The summed E-state index contributed by atoms with van der Waals surface area (Å²) in [4.78, 5) is 16.4. The molecular formula is C28H31N3O4. The summed E-state index contributed by atoms with van der Waals surface area (Å²) in [6.45, 7) is 5.58. The van der Waals surface area contributed by atoms with Crippen LogP contribution in [-0.4, -0.2) is 33.9 Å². The highest BCUT2D eigenvalue weighted by molar-refractivity contribution is 5.99. The number of phenols is 1. The topological polar surface area (TPSA) is 96.6 Å². The number of carbonyl (C=O) groups is 1. The van der Waals surface area contributed by atoms with Gasteiger partial charge in [0.2, 0.25) is 0 Å². The Hall–Kier alpha value is -3.74. The molecule has 2 heterocycles. The van der Waals surface area contributed by atoms with Gasteiger partial charge in [-0.05, 0) is 76.1 Å². The van der Waals surface area contributed by atoms with Gasteiger partial charge in [0, 0.05) is 40.8 Å². The van der Waals surface area contributed by atoms with E-state index in [1.54, 1.807) is 18.5 Å². The van der Waals surface area contributed by atoms with Gasteiger partial charge in [0.25, 0.3) is 0 Å². The number of aromatic nitrogens is 1.